The van der Waals surface area contributed by atoms with Crippen molar-refractivity contribution in [2.75, 3.05) is 11.6 Å². The van der Waals surface area contributed by atoms with Crippen LogP contribution >= 0.6 is 0 Å². The molecule has 0 unspecified atom stereocenters. The summed E-state index contributed by atoms with van der Waals surface area (Å²) in [5.41, 5.74) is 0.168. The molecular weight excluding hydrogens is 303 g/mol. The zero-order valence-corrected chi connectivity index (χ0v) is 11.8. The molecule has 21 heavy (non-hydrogen) atoms. The molecule has 3 nitrogen and oxygen atoms in total. The van der Waals surface area contributed by atoms with Gasteiger partial charge in [0.25, 0.3) is 0 Å². The molecule has 0 aliphatic carbocycles. The SMILES string of the molecule is CS(=O)(=O)c1ccccc1NCc1cc(F)c(F)cc1F. The fourth-order valence-corrected chi connectivity index (χ4v) is 2.69. The summed E-state index contributed by atoms with van der Waals surface area (Å²) in [6.07, 6.45) is 1.05. The minimum atomic E-state index is -3.45. The number of anilines is 1. The Morgan fingerprint density at radius 2 is 1.62 bits per heavy atom. The van der Waals surface area contributed by atoms with Crippen LogP contribution in [0.25, 0.3) is 0 Å². The van der Waals surface area contributed by atoms with E-state index in [2.05, 4.69) is 5.32 Å². The molecule has 0 heterocycles. The van der Waals surface area contributed by atoms with E-state index in [1.165, 1.54) is 12.1 Å². The van der Waals surface area contributed by atoms with E-state index in [9.17, 15) is 21.6 Å². The van der Waals surface area contributed by atoms with E-state index in [4.69, 9.17) is 0 Å². The number of hydrogen-bond acceptors (Lipinski definition) is 3. The number of halogens is 3. The highest BCUT2D eigenvalue weighted by Gasteiger charge is 2.14. The Kier molecular flexibility index (Phi) is 4.22. The van der Waals surface area contributed by atoms with Gasteiger partial charge in [-0.05, 0) is 18.2 Å². The summed E-state index contributed by atoms with van der Waals surface area (Å²) in [5, 5.41) is 2.72. The van der Waals surface area contributed by atoms with Crippen molar-refractivity contribution in [3.05, 3.63) is 59.4 Å². The summed E-state index contributed by atoms with van der Waals surface area (Å²) < 4.78 is 62.6. The number of sulfone groups is 1. The van der Waals surface area contributed by atoms with Gasteiger partial charge in [0.15, 0.2) is 21.5 Å². The summed E-state index contributed by atoms with van der Waals surface area (Å²) in [4.78, 5) is 0.0491. The molecule has 0 radical (unpaired) electrons. The third-order valence-electron chi connectivity index (χ3n) is 2.85. The van der Waals surface area contributed by atoms with Crippen LogP contribution in [0.15, 0.2) is 41.3 Å². The van der Waals surface area contributed by atoms with Crippen molar-refractivity contribution >= 4 is 15.5 Å². The molecule has 7 heteroatoms. The largest absolute Gasteiger partial charge is 0.380 e. The predicted molar refractivity (Wildman–Crippen MR) is 73.2 cm³/mol. The van der Waals surface area contributed by atoms with Crippen LogP contribution in [0.3, 0.4) is 0 Å². The van der Waals surface area contributed by atoms with Gasteiger partial charge in [-0.15, -0.1) is 0 Å². The molecule has 0 amide bonds. The van der Waals surface area contributed by atoms with E-state index in [1.54, 1.807) is 12.1 Å². The Morgan fingerprint density at radius 1 is 1.00 bits per heavy atom. The average molecular weight is 315 g/mol. The maximum atomic E-state index is 13.5. The van der Waals surface area contributed by atoms with E-state index in [0.717, 1.165) is 12.3 Å². The molecule has 0 aliphatic rings. The molecule has 0 saturated heterocycles. The van der Waals surface area contributed by atoms with Gasteiger partial charge in [0, 0.05) is 24.4 Å². The topological polar surface area (TPSA) is 46.2 Å². The van der Waals surface area contributed by atoms with Gasteiger partial charge in [-0.2, -0.15) is 0 Å². The molecule has 0 aliphatic heterocycles. The minimum Gasteiger partial charge on any atom is -0.380 e. The fraction of sp³-hybridized carbons (Fsp3) is 0.143. The minimum absolute atomic E-state index is 0.0491. The van der Waals surface area contributed by atoms with Gasteiger partial charge in [-0.1, -0.05) is 12.1 Å². The van der Waals surface area contributed by atoms with Gasteiger partial charge in [-0.25, -0.2) is 21.6 Å². The number of nitrogens with one attached hydrogen (secondary N) is 1. The fourth-order valence-electron chi connectivity index (χ4n) is 1.83. The average Bonchev–Trinajstić information content (AvgIpc) is 2.41. The summed E-state index contributed by atoms with van der Waals surface area (Å²) in [7, 11) is -3.45. The van der Waals surface area contributed by atoms with E-state index >= 15 is 0 Å². The standard InChI is InChI=1S/C14H12F3NO2S/c1-21(19,20)14-5-3-2-4-13(14)18-8-9-6-11(16)12(17)7-10(9)15/h2-7,18H,8H2,1H3. The monoisotopic (exact) mass is 315 g/mol. The first kappa shape index (κ1) is 15.4. The van der Waals surface area contributed by atoms with Crippen LogP contribution in [0.1, 0.15) is 5.56 Å². The maximum Gasteiger partial charge on any atom is 0.177 e. The zero-order chi connectivity index (χ0) is 15.6. The molecule has 0 saturated carbocycles. The van der Waals surface area contributed by atoms with Crippen LogP contribution in [-0.4, -0.2) is 14.7 Å². The quantitative estimate of drug-likeness (QED) is 0.882. The Balaban J connectivity index is 2.28. The second-order valence-corrected chi connectivity index (χ2v) is 6.46. The highest BCUT2D eigenvalue weighted by atomic mass is 32.2. The first-order chi connectivity index (χ1) is 9.79. The smallest absolute Gasteiger partial charge is 0.177 e. The van der Waals surface area contributed by atoms with Crippen LogP contribution in [-0.2, 0) is 16.4 Å². The van der Waals surface area contributed by atoms with Crippen LogP contribution in [0, 0.1) is 17.5 Å². The molecule has 2 aromatic rings. The third-order valence-corrected chi connectivity index (χ3v) is 4.00. The van der Waals surface area contributed by atoms with Crippen LogP contribution in [0.2, 0.25) is 0 Å². The first-order valence-corrected chi connectivity index (χ1v) is 7.84. The van der Waals surface area contributed by atoms with E-state index < -0.39 is 27.3 Å². The van der Waals surface area contributed by atoms with Crippen molar-refractivity contribution in [3.63, 3.8) is 0 Å². The molecule has 112 valence electrons. The molecule has 0 spiro atoms. The van der Waals surface area contributed by atoms with Crippen molar-refractivity contribution in [1.29, 1.82) is 0 Å². The number of para-hydroxylation sites is 1. The Hall–Kier alpha value is -2.02. The molecule has 0 atom stereocenters. The maximum absolute atomic E-state index is 13.5. The molecule has 0 aromatic heterocycles. The summed E-state index contributed by atoms with van der Waals surface area (Å²) in [6, 6.07) is 7.27. The van der Waals surface area contributed by atoms with Crippen LogP contribution < -0.4 is 5.32 Å². The van der Waals surface area contributed by atoms with Crippen LogP contribution in [0.4, 0.5) is 18.9 Å². The molecule has 0 bridgehead atoms. The second-order valence-electron chi connectivity index (χ2n) is 4.48. The number of benzene rings is 2. The van der Waals surface area contributed by atoms with Gasteiger partial charge >= 0.3 is 0 Å². The molecule has 2 aromatic carbocycles. The summed E-state index contributed by atoms with van der Waals surface area (Å²) in [6.45, 7) is -0.171. The van der Waals surface area contributed by atoms with E-state index in [0.29, 0.717) is 6.07 Å². The first-order valence-electron chi connectivity index (χ1n) is 5.95. The van der Waals surface area contributed by atoms with Gasteiger partial charge < -0.3 is 5.32 Å². The predicted octanol–water partition coefficient (Wildman–Crippen LogP) is 3.12. The molecular formula is C14H12F3NO2S. The number of hydrogen-bond donors (Lipinski definition) is 1. The van der Waals surface area contributed by atoms with Crippen molar-refractivity contribution in [2.24, 2.45) is 0 Å². The van der Waals surface area contributed by atoms with Crippen molar-refractivity contribution in [3.8, 4) is 0 Å². The van der Waals surface area contributed by atoms with Gasteiger partial charge in [0.1, 0.15) is 5.82 Å². The highest BCUT2D eigenvalue weighted by Crippen LogP contribution is 2.22. The van der Waals surface area contributed by atoms with E-state index in [1.807, 2.05) is 0 Å². The summed E-state index contributed by atoms with van der Waals surface area (Å²) >= 11 is 0. The highest BCUT2D eigenvalue weighted by molar-refractivity contribution is 7.90. The normalized spacial score (nSPS) is 11.4. The van der Waals surface area contributed by atoms with Crippen molar-refractivity contribution in [1.82, 2.24) is 0 Å². The Labute approximate surface area is 120 Å². The molecule has 1 N–H and O–H groups in total. The lowest BCUT2D eigenvalue weighted by atomic mass is 10.2. The lowest BCUT2D eigenvalue weighted by molar-refractivity contribution is 0.490. The summed E-state index contributed by atoms with van der Waals surface area (Å²) in [5.74, 6) is -3.34. The molecule has 0 fully saturated rings. The zero-order valence-electron chi connectivity index (χ0n) is 11.0. The van der Waals surface area contributed by atoms with Crippen molar-refractivity contribution in [2.45, 2.75) is 11.4 Å². The van der Waals surface area contributed by atoms with E-state index in [-0.39, 0.29) is 22.7 Å². The molecule has 2 rings (SSSR count). The second kappa shape index (κ2) is 5.77. The Bertz CT molecular complexity index is 776. The Morgan fingerprint density at radius 3 is 2.29 bits per heavy atom. The number of rotatable bonds is 4. The lowest BCUT2D eigenvalue weighted by Crippen LogP contribution is -2.08. The lowest BCUT2D eigenvalue weighted by Gasteiger charge is -2.11. The van der Waals surface area contributed by atoms with Crippen molar-refractivity contribution < 1.29 is 21.6 Å². The van der Waals surface area contributed by atoms with Gasteiger partial charge in [-0.3, -0.25) is 0 Å². The van der Waals surface area contributed by atoms with Gasteiger partial charge in [0.05, 0.1) is 10.6 Å². The van der Waals surface area contributed by atoms with Gasteiger partial charge in [0.2, 0.25) is 0 Å². The third kappa shape index (κ3) is 3.55. The van der Waals surface area contributed by atoms with Crippen LogP contribution in [0.5, 0.6) is 0 Å².